The van der Waals surface area contributed by atoms with Crippen LogP contribution in [0.1, 0.15) is 32.3 Å². The molecule has 19 heavy (non-hydrogen) atoms. The van der Waals surface area contributed by atoms with E-state index in [0.717, 1.165) is 5.75 Å². The first-order valence-corrected chi connectivity index (χ1v) is 6.64. The van der Waals surface area contributed by atoms with Crippen LogP contribution in [0.5, 0.6) is 5.75 Å². The summed E-state index contributed by atoms with van der Waals surface area (Å²) in [5.41, 5.74) is 6.74. The summed E-state index contributed by atoms with van der Waals surface area (Å²) in [6.07, 6.45) is 0. The lowest BCUT2D eigenvalue weighted by Crippen LogP contribution is -2.42. The smallest absolute Gasteiger partial charge is 0.260 e. The van der Waals surface area contributed by atoms with Crippen molar-refractivity contribution < 1.29 is 9.53 Å². The second kappa shape index (κ2) is 7.14. The summed E-state index contributed by atoms with van der Waals surface area (Å²) in [5, 5.41) is 0. The molecule has 0 aliphatic carbocycles. The average molecular weight is 264 g/mol. The van der Waals surface area contributed by atoms with E-state index >= 15 is 0 Å². The third-order valence-electron chi connectivity index (χ3n) is 3.28. The number of hydrogen-bond acceptors (Lipinski definition) is 3. The molecule has 106 valence electrons. The summed E-state index contributed by atoms with van der Waals surface area (Å²) in [4.78, 5) is 13.5. The number of ether oxygens (including phenoxy) is 1. The van der Waals surface area contributed by atoms with E-state index in [1.165, 1.54) is 5.56 Å². The van der Waals surface area contributed by atoms with Gasteiger partial charge in [-0.05, 0) is 30.5 Å². The summed E-state index contributed by atoms with van der Waals surface area (Å²) in [7, 11) is 1.74. The molecule has 4 heteroatoms. The zero-order chi connectivity index (χ0) is 14.4. The maximum atomic E-state index is 11.9. The number of nitrogens with two attached hydrogens (primary N) is 1. The second-order valence-corrected chi connectivity index (χ2v) is 5.11. The number of likely N-dealkylation sites (N-methyl/N-ethyl adjacent to an activating group) is 1. The van der Waals surface area contributed by atoms with E-state index < -0.39 is 0 Å². The molecular weight excluding hydrogens is 240 g/mol. The van der Waals surface area contributed by atoms with E-state index in [4.69, 9.17) is 10.5 Å². The molecule has 0 fully saturated rings. The number of carbonyl (C=O) groups excluding carboxylic acids is 1. The van der Waals surface area contributed by atoms with Crippen LogP contribution in [0.25, 0.3) is 0 Å². The third kappa shape index (κ3) is 4.56. The van der Waals surface area contributed by atoms with Gasteiger partial charge in [0.15, 0.2) is 6.61 Å². The third-order valence-corrected chi connectivity index (χ3v) is 3.28. The maximum absolute atomic E-state index is 11.9. The Labute approximate surface area is 115 Å². The Kier molecular flexibility index (Phi) is 5.83. The van der Waals surface area contributed by atoms with Crippen LogP contribution in [0.15, 0.2) is 24.3 Å². The molecule has 0 saturated carbocycles. The molecule has 2 N–H and O–H groups in total. The highest BCUT2D eigenvalue weighted by molar-refractivity contribution is 5.77. The number of amides is 1. The summed E-state index contributed by atoms with van der Waals surface area (Å²) in [6, 6.07) is 7.87. The van der Waals surface area contributed by atoms with Crippen molar-refractivity contribution in [2.75, 3.05) is 20.2 Å². The highest BCUT2D eigenvalue weighted by Gasteiger charge is 2.14. The highest BCUT2D eigenvalue weighted by Crippen LogP contribution is 2.20. The largest absolute Gasteiger partial charge is 0.484 e. The van der Waals surface area contributed by atoms with Gasteiger partial charge in [0.1, 0.15) is 5.75 Å². The fourth-order valence-electron chi connectivity index (χ4n) is 1.61. The van der Waals surface area contributed by atoms with Gasteiger partial charge in [-0.1, -0.05) is 26.0 Å². The number of rotatable bonds is 6. The van der Waals surface area contributed by atoms with Gasteiger partial charge >= 0.3 is 0 Å². The zero-order valence-electron chi connectivity index (χ0n) is 12.2. The maximum Gasteiger partial charge on any atom is 0.260 e. The summed E-state index contributed by atoms with van der Waals surface area (Å²) >= 11 is 0. The first-order chi connectivity index (χ1) is 8.95. The minimum Gasteiger partial charge on any atom is -0.484 e. The van der Waals surface area contributed by atoms with Crippen LogP contribution in [0.4, 0.5) is 0 Å². The van der Waals surface area contributed by atoms with E-state index in [9.17, 15) is 4.79 Å². The molecule has 1 unspecified atom stereocenters. The van der Waals surface area contributed by atoms with Crippen molar-refractivity contribution in [1.82, 2.24) is 4.90 Å². The van der Waals surface area contributed by atoms with Crippen LogP contribution in [0, 0.1) is 0 Å². The van der Waals surface area contributed by atoms with Crippen LogP contribution in [0.2, 0.25) is 0 Å². The Bertz CT molecular complexity index is 418. The van der Waals surface area contributed by atoms with Crippen LogP contribution in [0.3, 0.4) is 0 Å². The Morgan fingerprint density at radius 1 is 1.37 bits per heavy atom. The molecule has 0 bridgehead atoms. The predicted molar refractivity (Wildman–Crippen MR) is 77.3 cm³/mol. The van der Waals surface area contributed by atoms with Gasteiger partial charge < -0.3 is 15.4 Å². The standard InChI is InChI=1S/C15H24N2O2/c1-11(2)13-6-5-7-14(8-13)19-10-15(18)17(4)12(3)9-16/h5-8,11-12H,9-10,16H2,1-4H3. The Morgan fingerprint density at radius 2 is 2.05 bits per heavy atom. The Balaban J connectivity index is 2.57. The minimum atomic E-state index is -0.0621. The first kappa shape index (κ1) is 15.5. The number of hydrogen-bond donors (Lipinski definition) is 1. The van der Waals surface area contributed by atoms with Crippen LogP contribution in [-0.2, 0) is 4.79 Å². The quantitative estimate of drug-likeness (QED) is 0.855. The van der Waals surface area contributed by atoms with Crippen molar-refractivity contribution in [3.8, 4) is 5.75 Å². The molecule has 1 amide bonds. The molecule has 0 radical (unpaired) electrons. The van der Waals surface area contributed by atoms with Crippen molar-refractivity contribution in [1.29, 1.82) is 0 Å². The van der Waals surface area contributed by atoms with Crippen LogP contribution < -0.4 is 10.5 Å². The van der Waals surface area contributed by atoms with Gasteiger partial charge in [-0.25, -0.2) is 0 Å². The monoisotopic (exact) mass is 264 g/mol. The molecule has 1 aromatic rings. The van der Waals surface area contributed by atoms with Gasteiger partial charge in [0.25, 0.3) is 5.91 Å². The lowest BCUT2D eigenvalue weighted by molar-refractivity contribution is -0.133. The second-order valence-electron chi connectivity index (χ2n) is 5.11. The normalized spacial score (nSPS) is 12.3. The Hall–Kier alpha value is -1.55. The van der Waals surface area contributed by atoms with Crippen LogP contribution in [-0.4, -0.2) is 37.0 Å². The summed E-state index contributed by atoms with van der Waals surface area (Å²) < 4.78 is 5.54. The number of benzene rings is 1. The molecular formula is C15H24N2O2. The molecule has 1 atom stereocenters. The SMILES string of the molecule is CC(C)c1cccc(OCC(=O)N(C)C(C)CN)c1. The molecule has 0 spiro atoms. The van der Waals surface area contributed by atoms with Gasteiger partial charge in [0, 0.05) is 19.6 Å². The molecule has 1 rings (SSSR count). The zero-order valence-corrected chi connectivity index (χ0v) is 12.2. The minimum absolute atomic E-state index is 0.0260. The van der Waals surface area contributed by atoms with E-state index in [2.05, 4.69) is 19.9 Å². The van der Waals surface area contributed by atoms with Gasteiger partial charge in [0.05, 0.1) is 0 Å². The van der Waals surface area contributed by atoms with Gasteiger partial charge in [0.2, 0.25) is 0 Å². The van der Waals surface area contributed by atoms with Gasteiger partial charge in [-0.15, -0.1) is 0 Å². The summed E-state index contributed by atoms with van der Waals surface area (Å²) in [5.74, 6) is 1.11. The van der Waals surface area contributed by atoms with E-state index in [1.807, 2.05) is 25.1 Å². The highest BCUT2D eigenvalue weighted by atomic mass is 16.5. The van der Waals surface area contributed by atoms with Gasteiger partial charge in [-0.3, -0.25) is 4.79 Å². The number of nitrogens with zero attached hydrogens (tertiary/aromatic N) is 1. The summed E-state index contributed by atoms with van der Waals surface area (Å²) in [6.45, 7) is 6.66. The van der Waals surface area contributed by atoms with Crippen molar-refractivity contribution in [2.24, 2.45) is 5.73 Å². The average Bonchev–Trinajstić information content (AvgIpc) is 2.43. The molecule has 0 aromatic heterocycles. The molecule has 4 nitrogen and oxygen atoms in total. The van der Waals surface area contributed by atoms with E-state index in [-0.39, 0.29) is 18.6 Å². The molecule has 1 aromatic carbocycles. The molecule has 0 aliphatic rings. The lowest BCUT2D eigenvalue weighted by atomic mass is 10.0. The van der Waals surface area contributed by atoms with Crippen LogP contribution >= 0.6 is 0 Å². The molecule has 0 aliphatic heterocycles. The first-order valence-electron chi connectivity index (χ1n) is 6.64. The predicted octanol–water partition coefficient (Wildman–Crippen LogP) is 1.99. The van der Waals surface area contributed by atoms with Crippen molar-refractivity contribution >= 4 is 5.91 Å². The number of carbonyl (C=O) groups is 1. The van der Waals surface area contributed by atoms with Crippen molar-refractivity contribution in [2.45, 2.75) is 32.7 Å². The molecule has 0 saturated heterocycles. The van der Waals surface area contributed by atoms with E-state index in [0.29, 0.717) is 12.5 Å². The molecule has 0 heterocycles. The van der Waals surface area contributed by atoms with Crippen molar-refractivity contribution in [3.05, 3.63) is 29.8 Å². The lowest BCUT2D eigenvalue weighted by Gasteiger charge is -2.23. The fourth-order valence-corrected chi connectivity index (χ4v) is 1.61. The fraction of sp³-hybridized carbons (Fsp3) is 0.533. The van der Waals surface area contributed by atoms with E-state index in [1.54, 1.807) is 11.9 Å². The topological polar surface area (TPSA) is 55.6 Å². The van der Waals surface area contributed by atoms with Gasteiger partial charge in [-0.2, -0.15) is 0 Å². The van der Waals surface area contributed by atoms with Crippen molar-refractivity contribution in [3.63, 3.8) is 0 Å². The Morgan fingerprint density at radius 3 is 2.63 bits per heavy atom.